The fourth-order valence-corrected chi connectivity index (χ4v) is 1.61. The summed E-state index contributed by atoms with van der Waals surface area (Å²) in [5.41, 5.74) is 16.0. The Bertz CT molecular complexity index is 330. The van der Waals surface area contributed by atoms with E-state index in [0.29, 0.717) is 6.42 Å². The number of nitrogens with two attached hydrogens (primary N) is 3. The highest BCUT2D eigenvalue weighted by molar-refractivity contribution is 6.03. The van der Waals surface area contributed by atoms with Gasteiger partial charge in [0.1, 0.15) is 6.04 Å². The molecule has 3 unspecified atom stereocenters. The van der Waals surface area contributed by atoms with Crippen molar-refractivity contribution in [2.45, 2.75) is 38.8 Å². The van der Waals surface area contributed by atoms with Crippen LogP contribution in [-0.4, -0.2) is 34.8 Å². The van der Waals surface area contributed by atoms with Crippen LogP contribution >= 0.6 is 0 Å². The number of carboxylic acids is 1. The molecule has 0 aliphatic heterocycles. The number of hydrogen-bond acceptors (Lipinski definition) is 5. The van der Waals surface area contributed by atoms with Gasteiger partial charge in [-0.2, -0.15) is 0 Å². The van der Waals surface area contributed by atoms with Crippen molar-refractivity contribution in [3.63, 3.8) is 0 Å². The van der Waals surface area contributed by atoms with E-state index in [2.05, 4.69) is 0 Å². The van der Waals surface area contributed by atoms with E-state index in [1.54, 1.807) is 0 Å². The lowest BCUT2D eigenvalue weighted by Gasteiger charge is -2.19. The maximum Gasteiger partial charge on any atom is 0.320 e. The molecule has 7 heteroatoms. The van der Waals surface area contributed by atoms with Crippen LogP contribution < -0.4 is 17.2 Å². The maximum atomic E-state index is 11.9. The minimum atomic E-state index is -1.31. The molecule has 0 rings (SSSR count). The van der Waals surface area contributed by atoms with Crippen LogP contribution in [0.25, 0.3) is 0 Å². The Balaban J connectivity index is 4.74. The lowest BCUT2D eigenvalue weighted by atomic mass is 9.88. The third-order valence-electron chi connectivity index (χ3n) is 2.58. The first-order valence-electron chi connectivity index (χ1n) is 5.73. The Labute approximate surface area is 106 Å². The first kappa shape index (κ1) is 16.5. The van der Waals surface area contributed by atoms with Gasteiger partial charge in [0.2, 0.25) is 5.91 Å². The third kappa shape index (κ3) is 5.24. The molecular weight excluding hydrogens is 238 g/mol. The van der Waals surface area contributed by atoms with Crippen molar-refractivity contribution in [3.8, 4) is 0 Å². The van der Waals surface area contributed by atoms with E-state index in [9.17, 15) is 14.4 Å². The smallest absolute Gasteiger partial charge is 0.320 e. The molecule has 0 radical (unpaired) electrons. The SMILES string of the molecule is CC(C)CC(N)C(=O)C(CC(N)C(=O)O)C(N)=O. The van der Waals surface area contributed by atoms with E-state index in [1.807, 2.05) is 13.8 Å². The molecule has 3 atom stereocenters. The standard InChI is InChI=1S/C11H21N3O4/c1-5(2)3-7(12)9(15)6(10(14)16)4-8(13)11(17)18/h5-8H,3-4,12-13H2,1-2H3,(H2,14,16)(H,17,18). The quantitative estimate of drug-likeness (QED) is 0.403. The first-order chi connectivity index (χ1) is 8.16. The number of hydrogen-bond donors (Lipinski definition) is 4. The highest BCUT2D eigenvalue weighted by atomic mass is 16.4. The van der Waals surface area contributed by atoms with Gasteiger partial charge in [-0.25, -0.2) is 0 Å². The molecule has 0 aliphatic rings. The second kappa shape index (κ2) is 7.07. The summed E-state index contributed by atoms with van der Waals surface area (Å²) in [4.78, 5) is 33.7. The fourth-order valence-electron chi connectivity index (χ4n) is 1.61. The number of ketones is 1. The van der Waals surface area contributed by atoms with E-state index >= 15 is 0 Å². The second-order valence-electron chi connectivity index (χ2n) is 4.77. The Morgan fingerprint density at radius 1 is 1.06 bits per heavy atom. The molecule has 0 aromatic heterocycles. The molecule has 0 saturated heterocycles. The average molecular weight is 259 g/mol. The van der Waals surface area contributed by atoms with Crippen molar-refractivity contribution >= 4 is 17.7 Å². The summed E-state index contributed by atoms with van der Waals surface area (Å²) >= 11 is 0. The Kier molecular flexibility index (Phi) is 6.50. The first-order valence-corrected chi connectivity index (χ1v) is 5.73. The van der Waals surface area contributed by atoms with Crippen molar-refractivity contribution in [3.05, 3.63) is 0 Å². The zero-order valence-electron chi connectivity index (χ0n) is 10.6. The normalized spacial score (nSPS) is 16.1. The van der Waals surface area contributed by atoms with Crippen molar-refractivity contribution in [2.75, 3.05) is 0 Å². The predicted molar refractivity (Wildman–Crippen MR) is 65.4 cm³/mol. The third-order valence-corrected chi connectivity index (χ3v) is 2.58. The molecule has 0 aliphatic carbocycles. The molecule has 7 N–H and O–H groups in total. The van der Waals surface area contributed by atoms with Gasteiger partial charge >= 0.3 is 5.97 Å². The number of rotatable bonds is 8. The van der Waals surface area contributed by atoms with Gasteiger partial charge in [0.05, 0.1) is 12.0 Å². The number of carbonyl (C=O) groups excluding carboxylic acids is 2. The molecule has 0 fully saturated rings. The van der Waals surface area contributed by atoms with E-state index < -0.39 is 35.7 Å². The average Bonchev–Trinajstić information content (AvgIpc) is 2.22. The summed E-state index contributed by atoms with van der Waals surface area (Å²) in [6.45, 7) is 3.77. The van der Waals surface area contributed by atoms with E-state index in [1.165, 1.54) is 0 Å². The van der Waals surface area contributed by atoms with Crippen molar-refractivity contribution < 1.29 is 19.5 Å². The van der Waals surface area contributed by atoms with Gasteiger partial charge in [-0.15, -0.1) is 0 Å². The number of Topliss-reactive ketones (excluding diaryl/α,β-unsaturated/α-hetero) is 1. The zero-order valence-corrected chi connectivity index (χ0v) is 10.6. The summed E-state index contributed by atoms with van der Waals surface area (Å²) in [6, 6.07) is -2.14. The van der Waals surface area contributed by atoms with Crippen LogP contribution in [0.15, 0.2) is 0 Å². The van der Waals surface area contributed by atoms with E-state index in [-0.39, 0.29) is 12.3 Å². The van der Waals surface area contributed by atoms with Crippen LogP contribution in [0.5, 0.6) is 0 Å². The van der Waals surface area contributed by atoms with Gasteiger partial charge in [-0.1, -0.05) is 13.8 Å². The van der Waals surface area contributed by atoms with Gasteiger partial charge in [0.15, 0.2) is 5.78 Å². The summed E-state index contributed by atoms with van der Waals surface area (Å²) in [5, 5.41) is 8.66. The summed E-state index contributed by atoms with van der Waals surface area (Å²) in [6.07, 6.45) is 0.0835. The molecule has 0 spiro atoms. The van der Waals surface area contributed by atoms with E-state index in [4.69, 9.17) is 22.3 Å². The molecule has 0 aromatic rings. The number of amides is 1. The second-order valence-corrected chi connectivity index (χ2v) is 4.77. The number of primary amides is 1. The van der Waals surface area contributed by atoms with Gasteiger partial charge in [-0.05, 0) is 18.8 Å². The van der Waals surface area contributed by atoms with Crippen molar-refractivity contribution in [1.82, 2.24) is 0 Å². The molecule has 0 heterocycles. The van der Waals surface area contributed by atoms with Crippen molar-refractivity contribution in [2.24, 2.45) is 29.0 Å². The largest absolute Gasteiger partial charge is 0.480 e. The van der Waals surface area contributed by atoms with Crippen LogP contribution in [0.3, 0.4) is 0 Å². The van der Waals surface area contributed by atoms with Gasteiger partial charge in [0, 0.05) is 0 Å². The summed E-state index contributed by atoms with van der Waals surface area (Å²) < 4.78 is 0. The van der Waals surface area contributed by atoms with Gasteiger partial charge in [-0.3, -0.25) is 14.4 Å². The number of aliphatic carboxylic acids is 1. The van der Waals surface area contributed by atoms with Crippen LogP contribution in [0, 0.1) is 11.8 Å². The summed E-state index contributed by atoms with van der Waals surface area (Å²) in [7, 11) is 0. The molecule has 7 nitrogen and oxygen atoms in total. The molecule has 1 amide bonds. The lowest BCUT2D eigenvalue weighted by Crippen LogP contribution is -2.45. The van der Waals surface area contributed by atoms with Crippen LogP contribution in [0.1, 0.15) is 26.7 Å². The molecule has 0 saturated carbocycles. The Morgan fingerprint density at radius 3 is 1.89 bits per heavy atom. The topological polar surface area (TPSA) is 150 Å². The Morgan fingerprint density at radius 2 is 1.56 bits per heavy atom. The van der Waals surface area contributed by atoms with E-state index in [0.717, 1.165) is 0 Å². The Hall–Kier alpha value is -1.47. The fraction of sp³-hybridized carbons (Fsp3) is 0.727. The minimum absolute atomic E-state index is 0.186. The maximum absolute atomic E-state index is 11.9. The number of carboxylic acid groups (broad SMARTS) is 1. The molecular formula is C11H21N3O4. The van der Waals surface area contributed by atoms with Gasteiger partial charge < -0.3 is 22.3 Å². The monoisotopic (exact) mass is 259 g/mol. The molecule has 0 bridgehead atoms. The van der Waals surface area contributed by atoms with Crippen LogP contribution in [-0.2, 0) is 14.4 Å². The van der Waals surface area contributed by atoms with Gasteiger partial charge in [0.25, 0.3) is 0 Å². The van der Waals surface area contributed by atoms with Crippen molar-refractivity contribution in [1.29, 1.82) is 0 Å². The highest BCUT2D eigenvalue weighted by Gasteiger charge is 2.32. The van der Waals surface area contributed by atoms with Crippen LogP contribution in [0.2, 0.25) is 0 Å². The van der Waals surface area contributed by atoms with Crippen LogP contribution in [0.4, 0.5) is 0 Å². The lowest BCUT2D eigenvalue weighted by molar-refractivity contribution is -0.140. The zero-order chi connectivity index (χ0) is 14.5. The predicted octanol–water partition coefficient (Wildman–Crippen LogP) is -1.17. The highest BCUT2D eigenvalue weighted by Crippen LogP contribution is 2.13. The summed E-state index contributed by atoms with van der Waals surface area (Å²) in [5.74, 6) is -3.79. The molecule has 18 heavy (non-hydrogen) atoms. The number of carbonyl (C=O) groups is 3. The minimum Gasteiger partial charge on any atom is -0.480 e. The molecule has 104 valence electrons. The molecule has 0 aromatic carbocycles.